The lowest BCUT2D eigenvalue weighted by Crippen LogP contribution is -2.08. The van der Waals surface area contributed by atoms with Crippen LogP contribution in [0, 0.1) is 20.8 Å². The molecule has 1 aromatic carbocycles. The van der Waals surface area contributed by atoms with Crippen LogP contribution in [0.15, 0.2) is 18.2 Å². The van der Waals surface area contributed by atoms with Crippen LogP contribution in [0.2, 0.25) is 0 Å². The van der Waals surface area contributed by atoms with Crippen LogP contribution in [0.4, 0.5) is 0 Å². The summed E-state index contributed by atoms with van der Waals surface area (Å²) in [6.07, 6.45) is 0. The first-order chi connectivity index (χ1) is 8.00. The summed E-state index contributed by atoms with van der Waals surface area (Å²) >= 11 is 0. The summed E-state index contributed by atoms with van der Waals surface area (Å²) in [7, 11) is 0. The van der Waals surface area contributed by atoms with Crippen molar-refractivity contribution >= 4 is 0 Å². The summed E-state index contributed by atoms with van der Waals surface area (Å²) in [6.45, 7) is 8.08. The fraction of sp³-hybridized carbons (Fsp3) is 0.385. The lowest BCUT2D eigenvalue weighted by molar-refractivity contribution is 0.755. The number of hydrogen-bond donors (Lipinski definition) is 1. The Balaban J connectivity index is 2.54. The van der Waals surface area contributed by atoms with E-state index in [0.29, 0.717) is 0 Å². The van der Waals surface area contributed by atoms with Crippen molar-refractivity contribution in [2.24, 2.45) is 5.73 Å². The van der Waals surface area contributed by atoms with Gasteiger partial charge in [-0.2, -0.15) is 0 Å². The van der Waals surface area contributed by atoms with Crippen LogP contribution in [0.1, 0.15) is 35.5 Å². The van der Waals surface area contributed by atoms with Gasteiger partial charge in [-0.05, 0) is 39.3 Å². The van der Waals surface area contributed by atoms with Crippen molar-refractivity contribution in [3.05, 3.63) is 40.7 Å². The van der Waals surface area contributed by atoms with E-state index in [2.05, 4.69) is 42.4 Å². The predicted molar refractivity (Wildman–Crippen MR) is 68.2 cm³/mol. The van der Waals surface area contributed by atoms with Gasteiger partial charge in [0.05, 0.1) is 11.4 Å². The topological polar surface area (TPSA) is 56.7 Å². The Hall–Kier alpha value is -1.68. The van der Waals surface area contributed by atoms with Gasteiger partial charge >= 0.3 is 0 Å². The van der Waals surface area contributed by atoms with Crippen LogP contribution in [-0.2, 0) is 0 Å². The minimum Gasteiger partial charge on any atom is -0.323 e. The number of aromatic nitrogens is 3. The zero-order valence-corrected chi connectivity index (χ0v) is 10.7. The van der Waals surface area contributed by atoms with Crippen molar-refractivity contribution in [2.75, 3.05) is 0 Å². The number of aryl methyl sites for hydroxylation is 2. The Morgan fingerprint density at radius 3 is 2.47 bits per heavy atom. The second-order valence-electron chi connectivity index (χ2n) is 4.55. The van der Waals surface area contributed by atoms with Gasteiger partial charge in [-0.1, -0.05) is 22.9 Å². The monoisotopic (exact) mass is 230 g/mol. The third kappa shape index (κ3) is 2.08. The molecule has 90 valence electrons. The van der Waals surface area contributed by atoms with Crippen molar-refractivity contribution in [1.82, 2.24) is 15.0 Å². The fourth-order valence-corrected chi connectivity index (χ4v) is 2.03. The number of nitrogens with two attached hydrogens (primary N) is 1. The van der Waals surface area contributed by atoms with Crippen LogP contribution in [-0.4, -0.2) is 15.0 Å². The summed E-state index contributed by atoms with van der Waals surface area (Å²) in [4.78, 5) is 0. The molecule has 4 nitrogen and oxygen atoms in total. The molecular formula is C13H18N4. The summed E-state index contributed by atoms with van der Waals surface area (Å²) in [5.41, 5.74) is 11.2. The van der Waals surface area contributed by atoms with Crippen LogP contribution in [0.5, 0.6) is 0 Å². The molecule has 0 saturated heterocycles. The van der Waals surface area contributed by atoms with Gasteiger partial charge in [0, 0.05) is 6.04 Å². The SMILES string of the molecule is Cc1ccc(-n2nnc(C(C)N)c2C)c(C)c1. The van der Waals surface area contributed by atoms with E-state index in [1.807, 2.05) is 18.5 Å². The summed E-state index contributed by atoms with van der Waals surface area (Å²) in [6, 6.07) is 6.20. The largest absolute Gasteiger partial charge is 0.323 e. The van der Waals surface area contributed by atoms with Crippen LogP contribution in [0.25, 0.3) is 5.69 Å². The second kappa shape index (κ2) is 4.30. The van der Waals surface area contributed by atoms with Crippen molar-refractivity contribution < 1.29 is 0 Å². The van der Waals surface area contributed by atoms with E-state index in [1.54, 1.807) is 0 Å². The molecule has 1 heterocycles. The minimum absolute atomic E-state index is 0.0884. The molecule has 0 fully saturated rings. The van der Waals surface area contributed by atoms with Crippen molar-refractivity contribution in [1.29, 1.82) is 0 Å². The molecule has 17 heavy (non-hydrogen) atoms. The highest BCUT2D eigenvalue weighted by Crippen LogP contribution is 2.19. The highest BCUT2D eigenvalue weighted by Gasteiger charge is 2.14. The fourth-order valence-electron chi connectivity index (χ4n) is 2.03. The van der Waals surface area contributed by atoms with Crippen LogP contribution < -0.4 is 5.73 Å². The van der Waals surface area contributed by atoms with E-state index in [-0.39, 0.29) is 6.04 Å². The van der Waals surface area contributed by atoms with Gasteiger partial charge in [0.25, 0.3) is 0 Å². The average Bonchev–Trinajstić information content (AvgIpc) is 2.60. The maximum absolute atomic E-state index is 5.85. The first-order valence-electron chi connectivity index (χ1n) is 5.76. The van der Waals surface area contributed by atoms with Gasteiger partial charge < -0.3 is 5.73 Å². The normalized spacial score (nSPS) is 12.8. The molecule has 0 amide bonds. The molecule has 0 aliphatic rings. The maximum atomic E-state index is 5.85. The maximum Gasteiger partial charge on any atom is 0.102 e. The molecule has 1 unspecified atom stereocenters. The van der Waals surface area contributed by atoms with Gasteiger partial charge in [-0.25, -0.2) is 4.68 Å². The van der Waals surface area contributed by atoms with E-state index >= 15 is 0 Å². The number of rotatable bonds is 2. The van der Waals surface area contributed by atoms with Gasteiger partial charge in [0.1, 0.15) is 5.69 Å². The van der Waals surface area contributed by atoms with E-state index in [0.717, 1.165) is 17.1 Å². The Labute approximate surface area is 101 Å². The molecule has 2 N–H and O–H groups in total. The van der Waals surface area contributed by atoms with E-state index in [4.69, 9.17) is 5.73 Å². The predicted octanol–water partition coefficient (Wildman–Crippen LogP) is 2.21. The van der Waals surface area contributed by atoms with Crippen LogP contribution in [0.3, 0.4) is 0 Å². The summed E-state index contributed by atoms with van der Waals surface area (Å²) in [5.74, 6) is 0. The third-order valence-corrected chi connectivity index (χ3v) is 2.94. The molecule has 0 aliphatic carbocycles. The van der Waals surface area contributed by atoms with E-state index < -0.39 is 0 Å². The highest BCUT2D eigenvalue weighted by atomic mass is 15.4. The third-order valence-electron chi connectivity index (χ3n) is 2.94. The van der Waals surface area contributed by atoms with Gasteiger partial charge in [0.2, 0.25) is 0 Å². The quantitative estimate of drug-likeness (QED) is 0.860. The highest BCUT2D eigenvalue weighted by molar-refractivity contribution is 5.43. The van der Waals surface area contributed by atoms with E-state index in [9.17, 15) is 0 Å². The second-order valence-corrected chi connectivity index (χ2v) is 4.55. The van der Waals surface area contributed by atoms with Gasteiger partial charge in [-0.15, -0.1) is 5.10 Å². The molecule has 0 aliphatic heterocycles. The zero-order chi connectivity index (χ0) is 12.6. The zero-order valence-electron chi connectivity index (χ0n) is 10.7. The van der Waals surface area contributed by atoms with Crippen LogP contribution >= 0.6 is 0 Å². The van der Waals surface area contributed by atoms with E-state index in [1.165, 1.54) is 11.1 Å². The van der Waals surface area contributed by atoms with Crippen molar-refractivity contribution in [2.45, 2.75) is 33.7 Å². The van der Waals surface area contributed by atoms with Crippen molar-refractivity contribution in [3.63, 3.8) is 0 Å². The lowest BCUT2D eigenvalue weighted by Gasteiger charge is -2.09. The molecular weight excluding hydrogens is 212 g/mol. The number of nitrogens with zero attached hydrogens (tertiary/aromatic N) is 3. The number of hydrogen-bond acceptors (Lipinski definition) is 3. The molecule has 0 saturated carbocycles. The standard InChI is InChI=1S/C13H18N4/c1-8-5-6-12(9(2)7-8)17-11(4)13(10(3)14)15-16-17/h5-7,10H,14H2,1-4H3. The van der Waals surface area contributed by atoms with Crippen molar-refractivity contribution in [3.8, 4) is 5.69 Å². The Morgan fingerprint density at radius 2 is 1.94 bits per heavy atom. The summed E-state index contributed by atoms with van der Waals surface area (Å²) < 4.78 is 1.85. The van der Waals surface area contributed by atoms with Gasteiger partial charge in [-0.3, -0.25) is 0 Å². The molecule has 0 spiro atoms. The molecule has 4 heteroatoms. The molecule has 0 bridgehead atoms. The Kier molecular flexibility index (Phi) is 2.98. The first-order valence-corrected chi connectivity index (χ1v) is 5.76. The minimum atomic E-state index is -0.0884. The Morgan fingerprint density at radius 1 is 1.24 bits per heavy atom. The molecule has 1 aromatic heterocycles. The lowest BCUT2D eigenvalue weighted by atomic mass is 10.1. The Bertz CT molecular complexity index is 540. The smallest absolute Gasteiger partial charge is 0.102 e. The molecule has 2 aromatic rings. The van der Waals surface area contributed by atoms with Gasteiger partial charge in [0.15, 0.2) is 0 Å². The summed E-state index contributed by atoms with van der Waals surface area (Å²) in [5, 5.41) is 8.33. The molecule has 2 rings (SSSR count). The molecule has 0 radical (unpaired) electrons. The number of benzene rings is 1. The molecule has 1 atom stereocenters. The average molecular weight is 230 g/mol. The first kappa shape index (κ1) is 11.8.